The Morgan fingerprint density at radius 3 is 2.92 bits per heavy atom. The van der Waals surface area contributed by atoms with Crippen LogP contribution in [0.3, 0.4) is 0 Å². The highest BCUT2D eigenvalue weighted by atomic mass is 16.5. The highest BCUT2D eigenvalue weighted by Crippen LogP contribution is 2.08. The van der Waals surface area contributed by atoms with Crippen molar-refractivity contribution in [2.75, 3.05) is 0 Å². The average molecular weight is 165 g/mol. The summed E-state index contributed by atoms with van der Waals surface area (Å²) >= 11 is 0. The van der Waals surface area contributed by atoms with Gasteiger partial charge in [-0.1, -0.05) is 0 Å². The Morgan fingerprint density at radius 2 is 2.42 bits per heavy atom. The van der Waals surface area contributed by atoms with E-state index in [-0.39, 0.29) is 5.78 Å². The number of ketones is 1. The van der Waals surface area contributed by atoms with Crippen LogP contribution in [0.4, 0.5) is 0 Å². The molecule has 0 saturated carbocycles. The van der Waals surface area contributed by atoms with Gasteiger partial charge in [0, 0.05) is 6.20 Å². The van der Waals surface area contributed by atoms with Crippen molar-refractivity contribution in [2.45, 2.75) is 20.0 Å². The topological polar surface area (TPSA) is 39.2 Å². The van der Waals surface area contributed by atoms with E-state index in [9.17, 15) is 4.79 Å². The Bertz CT molecular complexity index is 258. The van der Waals surface area contributed by atoms with Crippen molar-refractivity contribution in [1.29, 1.82) is 0 Å². The number of carbonyl (C=O) groups excluding carboxylic acids is 1. The molecule has 0 spiro atoms. The number of hydrogen-bond donors (Lipinski definition) is 0. The molecule has 1 rings (SSSR count). The fourth-order valence-corrected chi connectivity index (χ4v) is 0.704. The summed E-state index contributed by atoms with van der Waals surface area (Å²) in [5.41, 5.74) is 0. The normalized spacial score (nSPS) is 12.2. The molecule has 0 aliphatic heterocycles. The van der Waals surface area contributed by atoms with Crippen molar-refractivity contribution >= 4 is 5.78 Å². The summed E-state index contributed by atoms with van der Waals surface area (Å²) in [5, 5.41) is 0. The zero-order chi connectivity index (χ0) is 8.97. The van der Waals surface area contributed by atoms with Gasteiger partial charge in [-0.25, -0.2) is 0 Å². The van der Waals surface area contributed by atoms with E-state index < -0.39 is 6.10 Å². The molecule has 0 bridgehead atoms. The lowest BCUT2D eigenvalue weighted by atomic mass is 10.3. The number of nitrogens with zero attached hydrogens (tertiary/aromatic N) is 1. The fraction of sp³-hybridized carbons (Fsp3) is 0.333. The van der Waals surface area contributed by atoms with E-state index in [0.29, 0.717) is 5.75 Å². The van der Waals surface area contributed by atoms with Crippen LogP contribution in [0.15, 0.2) is 24.5 Å². The number of Topliss-reactive ketones (excluding diaryl/α,β-unsaturated/α-hetero) is 1. The predicted octanol–water partition coefficient (Wildman–Crippen LogP) is 1.44. The molecule has 1 aromatic heterocycles. The van der Waals surface area contributed by atoms with Crippen LogP contribution >= 0.6 is 0 Å². The predicted molar refractivity (Wildman–Crippen MR) is 45.0 cm³/mol. The quantitative estimate of drug-likeness (QED) is 0.680. The molecule has 0 saturated heterocycles. The summed E-state index contributed by atoms with van der Waals surface area (Å²) in [5.74, 6) is 0.638. The largest absolute Gasteiger partial charge is 0.481 e. The number of pyridine rings is 1. The maximum Gasteiger partial charge on any atom is 0.169 e. The van der Waals surface area contributed by atoms with Crippen LogP contribution in [0.25, 0.3) is 0 Å². The van der Waals surface area contributed by atoms with Gasteiger partial charge in [-0.2, -0.15) is 0 Å². The first-order valence-corrected chi connectivity index (χ1v) is 3.77. The third-order valence-corrected chi connectivity index (χ3v) is 1.52. The van der Waals surface area contributed by atoms with E-state index in [4.69, 9.17) is 4.74 Å². The Labute approximate surface area is 71.4 Å². The number of rotatable bonds is 3. The summed E-state index contributed by atoms with van der Waals surface area (Å²) < 4.78 is 5.26. The van der Waals surface area contributed by atoms with Crippen LogP contribution < -0.4 is 4.74 Å². The number of hydrogen-bond acceptors (Lipinski definition) is 3. The number of aromatic nitrogens is 1. The lowest BCUT2D eigenvalue weighted by Gasteiger charge is -2.09. The molecule has 0 amide bonds. The smallest absolute Gasteiger partial charge is 0.169 e. The molecule has 0 aromatic carbocycles. The van der Waals surface area contributed by atoms with Crippen LogP contribution in [0.5, 0.6) is 5.75 Å². The molecule has 0 radical (unpaired) electrons. The molecule has 1 heterocycles. The molecule has 12 heavy (non-hydrogen) atoms. The van der Waals surface area contributed by atoms with Crippen molar-refractivity contribution in [3.63, 3.8) is 0 Å². The molecular formula is C9H11NO2. The van der Waals surface area contributed by atoms with E-state index in [1.165, 1.54) is 6.92 Å². The maximum atomic E-state index is 10.8. The molecule has 1 atom stereocenters. The van der Waals surface area contributed by atoms with Gasteiger partial charge in [0.05, 0.1) is 6.20 Å². The maximum absolute atomic E-state index is 10.8. The van der Waals surface area contributed by atoms with Crippen LogP contribution in [0, 0.1) is 0 Å². The fourth-order valence-electron chi connectivity index (χ4n) is 0.704. The second-order valence-electron chi connectivity index (χ2n) is 2.56. The summed E-state index contributed by atoms with van der Waals surface area (Å²) in [4.78, 5) is 14.7. The molecule has 0 unspecified atom stereocenters. The van der Waals surface area contributed by atoms with E-state index in [0.717, 1.165) is 0 Å². The molecule has 1 aromatic rings. The average Bonchev–Trinajstić information content (AvgIpc) is 2.06. The molecule has 0 aliphatic carbocycles. The molecule has 0 fully saturated rings. The molecule has 0 aliphatic rings. The highest BCUT2D eigenvalue weighted by Gasteiger charge is 2.07. The van der Waals surface area contributed by atoms with Crippen molar-refractivity contribution in [1.82, 2.24) is 4.98 Å². The second-order valence-corrected chi connectivity index (χ2v) is 2.56. The van der Waals surface area contributed by atoms with Crippen LogP contribution in [0.1, 0.15) is 13.8 Å². The van der Waals surface area contributed by atoms with E-state index in [1.807, 2.05) is 0 Å². The van der Waals surface area contributed by atoms with Gasteiger partial charge in [0.1, 0.15) is 5.75 Å². The highest BCUT2D eigenvalue weighted by molar-refractivity contribution is 5.80. The zero-order valence-corrected chi connectivity index (χ0v) is 7.15. The minimum atomic E-state index is -0.394. The van der Waals surface area contributed by atoms with Crippen molar-refractivity contribution < 1.29 is 9.53 Å². The lowest BCUT2D eigenvalue weighted by molar-refractivity contribution is -0.122. The van der Waals surface area contributed by atoms with E-state index >= 15 is 0 Å². The summed E-state index contributed by atoms with van der Waals surface area (Å²) in [6.45, 7) is 3.22. The van der Waals surface area contributed by atoms with Gasteiger partial charge in [-0.3, -0.25) is 9.78 Å². The van der Waals surface area contributed by atoms with Crippen LogP contribution in [-0.2, 0) is 4.79 Å². The monoisotopic (exact) mass is 165 g/mol. The minimum absolute atomic E-state index is 0.0128. The van der Waals surface area contributed by atoms with Crippen molar-refractivity contribution in [3.8, 4) is 5.75 Å². The summed E-state index contributed by atoms with van der Waals surface area (Å²) in [6.07, 6.45) is 2.85. The Morgan fingerprint density at radius 1 is 1.67 bits per heavy atom. The van der Waals surface area contributed by atoms with Gasteiger partial charge >= 0.3 is 0 Å². The first kappa shape index (κ1) is 8.71. The third kappa shape index (κ3) is 2.34. The first-order valence-electron chi connectivity index (χ1n) is 3.77. The molecule has 64 valence electrons. The van der Waals surface area contributed by atoms with Gasteiger partial charge in [0.25, 0.3) is 0 Å². The van der Waals surface area contributed by atoms with E-state index in [2.05, 4.69) is 4.98 Å². The molecular weight excluding hydrogens is 154 g/mol. The molecule has 3 nitrogen and oxygen atoms in total. The number of carbonyl (C=O) groups is 1. The first-order chi connectivity index (χ1) is 5.70. The third-order valence-electron chi connectivity index (χ3n) is 1.52. The zero-order valence-electron chi connectivity index (χ0n) is 7.15. The van der Waals surface area contributed by atoms with Gasteiger partial charge in [-0.05, 0) is 26.0 Å². The van der Waals surface area contributed by atoms with Gasteiger partial charge in [-0.15, -0.1) is 0 Å². The van der Waals surface area contributed by atoms with Crippen LogP contribution in [-0.4, -0.2) is 16.9 Å². The summed E-state index contributed by atoms with van der Waals surface area (Å²) in [6, 6.07) is 3.54. The SMILES string of the molecule is CC(=O)[C@@H](C)Oc1cccnc1. The lowest BCUT2D eigenvalue weighted by Crippen LogP contribution is -2.20. The van der Waals surface area contributed by atoms with Crippen LogP contribution in [0.2, 0.25) is 0 Å². The Hall–Kier alpha value is -1.38. The summed E-state index contributed by atoms with van der Waals surface area (Å²) in [7, 11) is 0. The Balaban J connectivity index is 2.58. The van der Waals surface area contributed by atoms with Gasteiger partial charge < -0.3 is 4.74 Å². The second kappa shape index (κ2) is 3.85. The van der Waals surface area contributed by atoms with E-state index in [1.54, 1.807) is 31.5 Å². The standard InChI is InChI=1S/C9H11NO2/c1-7(11)8(2)12-9-4-3-5-10-6-9/h3-6,8H,1-2H3/t8-/m1/s1. The molecule has 3 heteroatoms. The number of ether oxygens (including phenoxy) is 1. The minimum Gasteiger partial charge on any atom is -0.481 e. The van der Waals surface area contributed by atoms with Gasteiger partial charge in [0.15, 0.2) is 11.9 Å². The van der Waals surface area contributed by atoms with Gasteiger partial charge in [0.2, 0.25) is 0 Å². The van der Waals surface area contributed by atoms with Crippen molar-refractivity contribution in [2.24, 2.45) is 0 Å². The van der Waals surface area contributed by atoms with Crippen molar-refractivity contribution in [3.05, 3.63) is 24.5 Å². The molecule has 0 N–H and O–H groups in total. The Kier molecular flexibility index (Phi) is 2.80.